The summed E-state index contributed by atoms with van der Waals surface area (Å²) >= 11 is 0. The lowest BCUT2D eigenvalue weighted by atomic mass is 9.77. The second kappa shape index (κ2) is 7.14. The number of benzene rings is 1. The van der Waals surface area contributed by atoms with Gasteiger partial charge in [0.2, 0.25) is 5.78 Å². The molecule has 1 aliphatic carbocycles. The minimum Gasteiger partial charge on any atom is -0.491 e. The van der Waals surface area contributed by atoms with Gasteiger partial charge in [-0.15, -0.1) is 0 Å². The zero-order valence-corrected chi connectivity index (χ0v) is 14.4. The standard InChI is InChI=1S/C20H26O3/c1-5-6-10-16(15-11-8-7-9-12-15)13-17-18(21)20(4,22)19(17)23-14(2)3/h7-9,11-14,22H,5-6,10H2,1-4H3/b16-13+. The number of carbonyl (C=O) groups excluding carboxylic acids is 1. The first-order valence-electron chi connectivity index (χ1n) is 8.32. The predicted molar refractivity (Wildman–Crippen MR) is 92.8 cm³/mol. The molecule has 1 aromatic rings. The third-order valence-electron chi connectivity index (χ3n) is 3.99. The zero-order valence-electron chi connectivity index (χ0n) is 14.4. The van der Waals surface area contributed by atoms with Crippen LogP contribution in [0.25, 0.3) is 5.57 Å². The average Bonchev–Trinajstić information content (AvgIpc) is 2.54. The Labute approximate surface area is 138 Å². The van der Waals surface area contributed by atoms with Crippen LogP contribution in [0, 0.1) is 0 Å². The van der Waals surface area contributed by atoms with E-state index in [0.717, 1.165) is 30.4 Å². The van der Waals surface area contributed by atoms with Crippen LogP contribution in [-0.4, -0.2) is 22.6 Å². The molecule has 0 saturated carbocycles. The van der Waals surface area contributed by atoms with Crippen LogP contribution in [-0.2, 0) is 9.53 Å². The third-order valence-corrected chi connectivity index (χ3v) is 3.99. The molecule has 1 N–H and O–H groups in total. The van der Waals surface area contributed by atoms with Gasteiger partial charge in [-0.1, -0.05) is 43.7 Å². The van der Waals surface area contributed by atoms with Gasteiger partial charge in [0.05, 0.1) is 11.7 Å². The molecule has 0 fully saturated rings. The van der Waals surface area contributed by atoms with Gasteiger partial charge in [-0.05, 0) is 50.8 Å². The lowest BCUT2D eigenvalue weighted by molar-refractivity contribution is -0.138. The van der Waals surface area contributed by atoms with E-state index >= 15 is 0 Å². The fraction of sp³-hybridized carbons (Fsp3) is 0.450. The van der Waals surface area contributed by atoms with Crippen LogP contribution in [0.2, 0.25) is 0 Å². The van der Waals surface area contributed by atoms with E-state index in [2.05, 4.69) is 6.92 Å². The zero-order chi connectivity index (χ0) is 17.0. The van der Waals surface area contributed by atoms with Crippen molar-refractivity contribution in [2.24, 2.45) is 0 Å². The Balaban J connectivity index is 2.42. The summed E-state index contributed by atoms with van der Waals surface area (Å²) in [4.78, 5) is 12.3. The highest BCUT2D eigenvalue weighted by Crippen LogP contribution is 2.39. The molecular formula is C20H26O3. The molecule has 1 aromatic carbocycles. The maximum absolute atomic E-state index is 12.3. The second-order valence-corrected chi connectivity index (χ2v) is 6.45. The lowest BCUT2D eigenvalue weighted by Crippen LogP contribution is -2.49. The number of hydrogen-bond donors (Lipinski definition) is 1. The number of carbonyl (C=O) groups is 1. The smallest absolute Gasteiger partial charge is 0.205 e. The minimum atomic E-state index is -1.50. The summed E-state index contributed by atoms with van der Waals surface area (Å²) in [5, 5.41) is 10.3. The van der Waals surface area contributed by atoms with Gasteiger partial charge >= 0.3 is 0 Å². The van der Waals surface area contributed by atoms with E-state index in [9.17, 15) is 9.90 Å². The molecule has 0 spiro atoms. The highest BCUT2D eigenvalue weighted by atomic mass is 16.5. The van der Waals surface area contributed by atoms with E-state index in [1.54, 1.807) is 0 Å². The first-order chi connectivity index (χ1) is 10.9. The highest BCUT2D eigenvalue weighted by molar-refractivity contribution is 6.14. The van der Waals surface area contributed by atoms with Crippen LogP contribution < -0.4 is 0 Å². The van der Waals surface area contributed by atoms with Crippen molar-refractivity contribution < 1.29 is 14.6 Å². The van der Waals surface area contributed by atoms with Crippen LogP contribution >= 0.6 is 0 Å². The van der Waals surface area contributed by atoms with E-state index in [1.807, 2.05) is 50.3 Å². The SMILES string of the molecule is CCCC/C(=C\C1=C(OC(C)C)C(C)(O)C1=O)c1ccccc1. The molecular weight excluding hydrogens is 288 g/mol. The van der Waals surface area contributed by atoms with Gasteiger partial charge in [-0.25, -0.2) is 0 Å². The number of aliphatic hydroxyl groups is 1. The minimum absolute atomic E-state index is 0.0798. The predicted octanol–water partition coefficient (Wildman–Crippen LogP) is 4.27. The third kappa shape index (κ3) is 3.73. The Kier molecular flexibility index (Phi) is 5.42. The van der Waals surface area contributed by atoms with Gasteiger partial charge in [-0.2, -0.15) is 0 Å². The summed E-state index contributed by atoms with van der Waals surface area (Å²) in [5.74, 6) is 0.125. The Morgan fingerprint density at radius 1 is 1.30 bits per heavy atom. The van der Waals surface area contributed by atoms with E-state index in [4.69, 9.17) is 4.74 Å². The normalized spacial score (nSPS) is 21.7. The Bertz CT molecular complexity index is 622. The van der Waals surface area contributed by atoms with Crippen LogP contribution in [0.1, 0.15) is 52.5 Å². The van der Waals surface area contributed by atoms with Crippen molar-refractivity contribution in [3.05, 3.63) is 53.3 Å². The Hall–Kier alpha value is -1.87. The molecule has 0 aromatic heterocycles. The summed E-state index contributed by atoms with van der Waals surface area (Å²) in [6.45, 7) is 7.43. The summed E-state index contributed by atoms with van der Waals surface area (Å²) in [6.07, 6.45) is 4.85. The number of hydrogen-bond acceptors (Lipinski definition) is 3. The maximum atomic E-state index is 12.3. The second-order valence-electron chi connectivity index (χ2n) is 6.45. The number of ether oxygens (including phenoxy) is 1. The van der Waals surface area contributed by atoms with Crippen molar-refractivity contribution in [3.8, 4) is 0 Å². The van der Waals surface area contributed by atoms with Crippen molar-refractivity contribution in [3.63, 3.8) is 0 Å². The molecule has 3 heteroatoms. The van der Waals surface area contributed by atoms with E-state index in [0.29, 0.717) is 11.3 Å². The summed E-state index contributed by atoms with van der Waals surface area (Å²) in [6, 6.07) is 10.1. The molecule has 1 unspecified atom stereocenters. The molecule has 1 aliphatic rings. The van der Waals surface area contributed by atoms with Gasteiger partial charge in [0, 0.05) is 0 Å². The van der Waals surface area contributed by atoms with E-state index in [-0.39, 0.29) is 11.9 Å². The first-order valence-corrected chi connectivity index (χ1v) is 8.32. The van der Waals surface area contributed by atoms with Crippen LogP contribution in [0.3, 0.4) is 0 Å². The fourth-order valence-electron chi connectivity index (χ4n) is 2.71. The largest absolute Gasteiger partial charge is 0.491 e. The number of allylic oxidation sites excluding steroid dienone is 2. The molecule has 124 valence electrons. The van der Waals surface area contributed by atoms with Crippen molar-refractivity contribution in [2.45, 2.75) is 58.7 Å². The topological polar surface area (TPSA) is 46.5 Å². The number of ketones is 1. The molecule has 23 heavy (non-hydrogen) atoms. The maximum Gasteiger partial charge on any atom is 0.205 e. The Morgan fingerprint density at radius 2 is 1.96 bits per heavy atom. The van der Waals surface area contributed by atoms with Crippen LogP contribution in [0.15, 0.2) is 47.7 Å². The molecule has 0 aliphatic heterocycles. The molecule has 3 nitrogen and oxygen atoms in total. The van der Waals surface area contributed by atoms with Crippen molar-refractivity contribution in [1.82, 2.24) is 0 Å². The molecule has 0 radical (unpaired) electrons. The summed E-state index contributed by atoms with van der Waals surface area (Å²) < 4.78 is 5.69. The first kappa shape index (κ1) is 17.5. The van der Waals surface area contributed by atoms with Crippen molar-refractivity contribution in [1.29, 1.82) is 0 Å². The molecule has 0 bridgehead atoms. The van der Waals surface area contributed by atoms with Gasteiger partial charge < -0.3 is 9.84 Å². The number of unbranched alkanes of at least 4 members (excludes halogenated alkanes) is 1. The van der Waals surface area contributed by atoms with Crippen molar-refractivity contribution in [2.75, 3.05) is 0 Å². The van der Waals surface area contributed by atoms with Gasteiger partial charge in [0.1, 0.15) is 5.76 Å². The monoisotopic (exact) mass is 314 g/mol. The van der Waals surface area contributed by atoms with Gasteiger partial charge in [0.15, 0.2) is 5.60 Å². The molecule has 1 atom stereocenters. The molecule has 2 rings (SSSR count). The number of rotatable bonds is 7. The average molecular weight is 314 g/mol. The van der Waals surface area contributed by atoms with Crippen LogP contribution in [0.4, 0.5) is 0 Å². The van der Waals surface area contributed by atoms with Gasteiger partial charge in [0.25, 0.3) is 0 Å². The summed E-state index contributed by atoms with van der Waals surface area (Å²) in [7, 11) is 0. The highest BCUT2D eigenvalue weighted by Gasteiger charge is 2.50. The molecule has 0 saturated heterocycles. The molecule has 0 heterocycles. The van der Waals surface area contributed by atoms with E-state index in [1.165, 1.54) is 6.92 Å². The lowest BCUT2D eigenvalue weighted by Gasteiger charge is -2.36. The Morgan fingerprint density at radius 3 is 2.52 bits per heavy atom. The summed E-state index contributed by atoms with van der Waals surface area (Å²) in [5.41, 5.74) is 1.22. The fourth-order valence-corrected chi connectivity index (χ4v) is 2.71. The molecule has 0 amide bonds. The number of Topliss-reactive ketones (excluding diaryl/α,β-unsaturated/α-hetero) is 1. The quantitative estimate of drug-likeness (QED) is 0.817. The van der Waals surface area contributed by atoms with Gasteiger partial charge in [-0.3, -0.25) is 4.79 Å². The van der Waals surface area contributed by atoms with Crippen molar-refractivity contribution >= 4 is 11.4 Å². The van der Waals surface area contributed by atoms with E-state index < -0.39 is 5.60 Å². The van der Waals surface area contributed by atoms with Crippen LogP contribution in [0.5, 0.6) is 0 Å².